The lowest BCUT2D eigenvalue weighted by Crippen LogP contribution is -2.24. The zero-order valence-corrected chi connectivity index (χ0v) is 24.5. The van der Waals surface area contributed by atoms with Gasteiger partial charge in [0.25, 0.3) is 0 Å². The van der Waals surface area contributed by atoms with E-state index in [2.05, 4.69) is 25.6 Å². The molecule has 2 aliphatic carbocycles. The van der Waals surface area contributed by atoms with Crippen molar-refractivity contribution in [2.24, 2.45) is 0 Å². The summed E-state index contributed by atoms with van der Waals surface area (Å²) in [4.78, 5) is 69.0. The van der Waals surface area contributed by atoms with Gasteiger partial charge in [0, 0.05) is 35.8 Å². The van der Waals surface area contributed by atoms with Gasteiger partial charge in [-0.15, -0.1) is 0 Å². The number of fused-ring (bicyclic) bond motifs is 4. The average Bonchev–Trinajstić information content (AvgIpc) is 3.07. The van der Waals surface area contributed by atoms with Crippen LogP contribution >= 0.6 is 0 Å². The van der Waals surface area contributed by atoms with E-state index in [1.54, 1.807) is 48.3 Å². The molecule has 12 nitrogen and oxygen atoms in total. The van der Waals surface area contributed by atoms with Crippen molar-refractivity contribution in [3.63, 3.8) is 0 Å². The Kier molecular flexibility index (Phi) is 6.55. The van der Waals surface area contributed by atoms with Crippen molar-refractivity contribution in [3.05, 3.63) is 117 Å². The number of aromatic hydroxyl groups is 2. The number of hydrogen-bond donors (Lipinski definition) is 4. The lowest BCUT2D eigenvalue weighted by molar-refractivity contribution is 0.0977. The second-order valence-electron chi connectivity index (χ2n) is 10.7. The van der Waals surface area contributed by atoms with Gasteiger partial charge in [-0.25, -0.2) is 0 Å². The first kappa shape index (κ1) is 28.3. The molecule has 0 atom stereocenters. The molecule has 0 aliphatic heterocycles. The molecule has 0 bridgehead atoms. The third-order valence-electron chi connectivity index (χ3n) is 8.04. The molecule has 12 heteroatoms. The second-order valence-corrected chi connectivity index (χ2v) is 10.7. The third-order valence-corrected chi connectivity index (χ3v) is 8.04. The number of ketones is 4. The number of aromatic nitrogens is 3. The molecule has 0 radical (unpaired) electrons. The van der Waals surface area contributed by atoms with E-state index in [1.807, 2.05) is 6.92 Å². The maximum absolute atomic E-state index is 13.6. The molecule has 46 heavy (non-hydrogen) atoms. The first-order valence-electron chi connectivity index (χ1n) is 14.3. The molecule has 4 N–H and O–H groups in total. The zero-order chi connectivity index (χ0) is 32.3. The molecule has 4 aromatic carbocycles. The molecule has 7 rings (SSSR count). The van der Waals surface area contributed by atoms with Crippen LogP contribution in [0.15, 0.2) is 72.8 Å². The van der Waals surface area contributed by atoms with E-state index in [0.717, 1.165) is 0 Å². The van der Waals surface area contributed by atoms with Crippen molar-refractivity contribution in [1.29, 1.82) is 0 Å². The van der Waals surface area contributed by atoms with Crippen LogP contribution < -0.4 is 15.5 Å². The highest BCUT2D eigenvalue weighted by molar-refractivity contribution is 6.32. The first-order valence-corrected chi connectivity index (χ1v) is 14.3. The van der Waals surface area contributed by atoms with Gasteiger partial charge in [-0.05, 0) is 31.2 Å². The second kappa shape index (κ2) is 10.6. The lowest BCUT2D eigenvalue weighted by atomic mass is 9.82. The summed E-state index contributed by atoms with van der Waals surface area (Å²) >= 11 is 0. The minimum absolute atomic E-state index is 0.0137. The van der Waals surface area contributed by atoms with Crippen LogP contribution in [0.3, 0.4) is 0 Å². The van der Waals surface area contributed by atoms with Gasteiger partial charge in [-0.1, -0.05) is 48.5 Å². The fraction of sp³-hybridized carbons (Fsp3) is 0.0882. The first-order chi connectivity index (χ1) is 22.2. The Balaban J connectivity index is 1.32. The number of phenols is 2. The number of carbonyl (C=O) groups is 4. The largest absolute Gasteiger partial charge is 0.507 e. The SMILES string of the molecule is CCN(C)c1nc(Nc2ccc(O)c3c2C(=O)c2ccccc2C3=O)nc(Nc2ccc(O)c3c2C(=O)c2ccccc2C3=O)n1. The van der Waals surface area contributed by atoms with E-state index in [1.165, 1.54) is 36.4 Å². The van der Waals surface area contributed by atoms with Crippen molar-refractivity contribution >= 4 is 52.4 Å². The van der Waals surface area contributed by atoms with Crippen LogP contribution in [0.4, 0.5) is 29.2 Å². The number of hydrogen-bond acceptors (Lipinski definition) is 12. The summed E-state index contributed by atoms with van der Waals surface area (Å²) in [7, 11) is 1.76. The summed E-state index contributed by atoms with van der Waals surface area (Å²) < 4.78 is 0. The van der Waals surface area contributed by atoms with Crippen LogP contribution in [0, 0.1) is 0 Å². The van der Waals surface area contributed by atoms with Gasteiger partial charge in [0.2, 0.25) is 17.8 Å². The molecule has 2 aliphatic rings. The molecule has 226 valence electrons. The van der Waals surface area contributed by atoms with E-state index in [9.17, 15) is 29.4 Å². The molecule has 0 amide bonds. The maximum atomic E-state index is 13.6. The summed E-state index contributed by atoms with van der Waals surface area (Å²) in [6.07, 6.45) is 0. The van der Waals surface area contributed by atoms with Crippen LogP contribution in [0.5, 0.6) is 11.5 Å². The van der Waals surface area contributed by atoms with Crippen molar-refractivity contribution in [2.75, 3.05) is 29.1 Å². The number of benzene rings is 4. The molecule has 0 unspecified atom stereocenters. The van der Waals surface area contributed by atoms with Crippen molar-refractivity contribution in [2.45, 2.75) is 6.92 Å². The number of nitrogens with zero attached hydrogens (tertiary/aromatic N) is 4. The Morgan fingerprint density at radius 2 is 0.935 bits per heavy atom. The van der Waals surface area contributed by atoms with Gasteiger partial charge in [0.1, 0.15) is 11.5 Å². The van der Waals surface area contributed by atoms with E-state index in [0.29, 0.717) is 6.54 Å². The Hall–Kier alpha value is -6.43. The van der Waals surface area contributed by atoms with Crippen LogP contribution in [-0.4, -0.2) is 61.9 Å². The van der Waals surface area contributed by atoms with E-state index < -0.39 is 23.1 Å². The number of phenolic OH excluding ortho intramolecular Hbond substituents is 2. The third kappa shape index (κ3) is 4.34. The predicted molar refractivity (Wildman–Crippen MR) is 168 cm³/mol. The zero-order valence-electron chi connectivity index (χ0n) is 24.5. The monoisotopic (exact) mass is 612 g/mol. The van der Waals surface area contributed by atoms with Gasteiger partial charge in [0.05, 0.1) is 33.6 Å². The van der Waals surface area contributed by atoms with Crippen molar-refractivity contribution < 1.29 is 29.4 Å². The van der Waals surface area contributed by atoms with E-state index in [4.69, 9.17) is 0 Å². The smallest absolute Gasteiger partial charge is 0.233 e. The fourth-order valence-corrected chi connectivity index (χ4v) is 5.65. The number of rotatable bonds is 6. The molecule has 5 aromatic rings. The maximum Gasteiger partial charge on any atom is 0.233 e. The number of anilines is 5. The molecule has 0 fully saturated rings. The lowest BCUT2D eigenvalue weighted by Gasteiger charge is -2.23. The van der Waals surface area contributed by atoms with Gasteiger partial charge >= 0.3 is 0 Å². The van der Waals surface area contributed by atoms with Crippen LogP contribution in [0.25, 0.3) is 0 Å². The van der Waals surface area contributed by atoms with Gasteiger partial charge in [-0.2, -0.15) is 15.0 Å². The summed E-state index contributed by atoms with van der Waals surface area (Å²) in [5, 5.41) is 27.2. The standard InChI is InChI=1S/C34H24N6O6/c1-3-40(2)34-38-32(35-20-12-14-22(41)26-24(20)28(43)16-8-4-6-10-18(16)30(26)45)37-33(39-34)36-21-13-15-23(42)27-25(21)29(44)17-9-5-7-11-19(17)31(27)46/h4-15,41-42H,3H2,1-2H3,(H2,35,36,37,38,39). The van der Waals surface area contributed by atoms with Crippen LogP contribution in [0.1, 0.15) is 70.6 Å². The van der Waals surface area contributed by atoms with Gasteiger partial charge < -0.3 is 25.7 Å². The highest BCUT2D eigenvalue weighted by Crippen LogP contribution is 2.39. The molecular formula is C34H24N6O6. The quantitative estimate of drug-likeness (QED) is 0.190. The average molecular weight is 613 g/mol. The highest BCUT2D eigenvalue weighted by atomic mass is 16.3. The molecule has 1 heterocycles. The summed E-state index contributed by atoms with van der Waals surface area (Å²) in [6, 6.07) is 18.3. The predicted octanol–water partition coefficient (Wildman–Crippen LogP) is 4.78. The van der Waals surface area contributed by atoms with Gasteiger partial charge in [-0.3, -0.25) is 19.2 Å². The summed E-state index contributed by atoms with van der Waals surface area (Å²) in [5.74, 6) is -2.38. The Morgan fingerprint density at radius 1 is 0.565 bits per heavy atom. The van der Waals surface area contributed by atoms with Gasteiger partial charge in [0.15, 0.2) is 23.1 Å². The van der Waals surface area contributed by atoms with Crippen molar-refractivity contribution in [1.82, 2.24) is 15.0 Å². The topological polar surface area (TPSA) is 175 Å². The molecule has 0 spiro atoms. The summed E-state index contributed by atoms with van der Waals surface area (Å²) in [5.41, 5.74) is 0.838. The van der Waals surface area contributed by atoms with Crippen LogP contribution in [0.2, 0.25) is 0 Å². The molecular weight excluding hydrogens is 588 g/mol. The Morgan fingerprint density at radius 3 is 1.30 bits per heavy atom. The van der Waals surface area contributed by atoms with E-state index in [-0.39, 0.29) is 85.2 Å². The Labute approximate surface area is 261 Å². The van der Waals surface area contributed by atoms with Crippen molar-refractivity contribution in [3.8, 4) is 11.5 Å². The fourth-order valence-electron chi connectivity index (χ4n) is 5.65. The molecule has 0 saturated carbocycles. The van der Waals surface area contributed by atoms with Crippen LogP contribution in [-0.2, 0) is 0 Å². The normalized spacial score (nSPS) is 13.0. The number of nitrogens with one attached hydrogen (secondary N) is 2. The minimum Gasteiger partial charge on any atom is -0.507 e. The number of carbonyl (C=O) groups excluding carboxylic acids is 4. The summed E-state index contributed by atoms with van der Waals surface area (Å²) in [6.45, 7) is 2.40. The highest BCUT2D eigenvalue weighted by Gasteiger charge is 2.36. The Bertz CT molecular complexity index is 2030. The minimum atomic E-state index is -0.492. The van der Waals surface area contributed by atoms with E-state index >= 15 is 0 Å². The molecule has 0 saturated heterocycles. The molecule has 1 aromatic heterocycles.